The normalized spacial score (nSPS) is 22.9. The Morgan fingerprint density at radius 2 is 2.00 bits per heavy atom. The molecule has 1 aliphatic heterocycles. The molecule has 0 aliphatic carbocycles. The first-order valence-electron chi connectivity index (χ1n) is 6.34. The van der Waals surface area contributed by atoms with Crippen molar-refractivity contribution < 1.29 is 13.2 Å². The molecular formula is C12H23NO3S. The highest BCUT2D eigenvalue weighted by Gasteiger charge is 2.34. The summed E-state index contributed by atoms with van der Waals surface area (Å²) in [5.41, 5.74) is 0. The maximum atomic E-state index is 12.2. The lowest BCUT2D eigenvalue weighted by atomic mass is 10.0. The minimum absolute atomic E-state index is 0.0298. The fraction of sp³-hybridized carbons (Fsp3) is 0.917. The fourth-order valence-corrected chi connectivity index (χ4v) is 4.20. The van der Waals surface area contributed by atoms with Crippen LogP contribution >= 0.6 is 0 Å². The van der Waals surface area contributed by atoms with Gasteiger partial charge in [-0.1, -0.05) is 20.3 Å². The summed E-state index contributed by atoms with van der Waals surface area (Å²) in [5.74, 6) is 0.497. The Morgan fingerprint density at radius 3 is 2.53 bits per heavy atom. The molecule has 0 N–H and O–H groups in total. The maximum Gasteiger partial charge on any atom is 0.214 e. The van der Waals surface area contributed by atoms with E-state index in [-0.39, 0.29) is 11.5 Å². The van der Waals surface area contributed by atoms with Crippen molar-refractivity contribution in [1.29, 1.82) is 0 Å². The number of Topliss-reactive ketones (excluding diaryl/α,β-unsaturated/α-hetero) is 1. The molecule has 1 unspecified atom stereocenters. The van der Waals surface area contributed by atoms with Crippen LogP contribution in [0.15, 0.2) is 0 Å². The molecule has 1 fully saturated rings. The van der Waals surface area contributed by atoms with Crippen LogP contribution in [0, 0.1) is 5.92 Å². The van der Waals surface area contributed by atoms with Gasteiger partial charge >= 0.3 is 0 Å². The Kier molecular flexibility index (Phi) is 5.13. The molecule has 0 aromatic heterocycles. The highest BCUT2D eigenvalue weighted by atomic mass is 32.2. The molecule has 1 rings (SSSR count). The number of piperidine rings is 1. The van der Waals surface area contributed by atoms with E-state index in [1.807, 2.05) is 13.8 Å². The molecule has 1 saturated heterocycles. The quantitative estimate of drug-likeness (QED) is 0.758. The minimum atomic E-state index is -3.26. The Balaban J connectivity index is 2.76. The summed E-state index contributed by atoms with van der Waals surface area (Å²) in [6.07, 6.45) is 3.14. The number of rotatable bonds is 5. The summed E-state index contributed by atoms with van der Waals surface area (Å²) in [5, 5.41) is 0. The van der Waals surface area contributed by atoms with Gasteiger partial charge in [0.2, 0.25) is 10.0 Å². The molecule has 0 radical (unpaired) electrons. The molecule has 0 aromatic rings. The van der Waals surface area contributed by atoms with E-state index in [9.17, 15) is 13.2 Å². The van der Waals surface area contributed by atoms with Crippen molar-refractivity contribution >= 4 is 15.8 Å². The van der Waals surface area contributed by atoms with Crippen molar-refractivity contribution in [2.45, 2.75) is 52.5 Å². The second-order valence-corrected chi connectivity index (χ2v) is 7.27. The summed E-state index contributed by atoms with van der Waals surface area (Å²) in [6, 6.07) is -0.416. The van der Waals surface area contributed by atoms with Crippen LogP contribution in [0.2, 0.25) is 0 Å². The zero-order valence-electron chi connectivity index (χ0n) is 11.0. The fourth-order valence-electron chi connectivity index (χ4n) is 2.15. The van der Waals surface area contributed by atoms with Crippen molar-refractivity contribution in [2.75, 3.05) is 12.3 Å². The average Bonchev–Trinajstić information content (AvgIpc) is 2.26. The monoisotopic (exact) mass is 261 g/mol. The number of carbonyl (C=O) groups excluding carboxylic acids is 1. The summed E-state index contributed by atoms with van der Waals surface area (Å²) in [4.78, 5) is 11.5. The van der Waals surface area contributed by atoms with Gasteiger partial charge in [0.1, 0.15) is 5.78 Å². The summed E-state index contributed by atoms with van der Waals surface area (Å²) in [7, 11) is -3.26. The predicted molar refractivity (Wildman–Crippen MR) is 68.3 cm³/mol. The highest BCUT2D eigenvalue weighted by Crippen LogP contribution is 2.22. The SMILES string of the molecule is CC(=O)C1CCCCN1S(=O)(=O)CCC(C)C. The molecule has 17 heavy (non-hydrogen) atoms. The Labute approximate surface area is 104 Å². The third kappa shape index (κ3) is 4.07. The number of sulfonamides is 1. The molecule has 100 valence electrons. The third-order valence-electron chi connectivity index (χ3n) is 3.23. The average molecular weight is 261 g/mol. The Bertz CT molecular complexity index is 362. The van der Waals surface area contributed by atoms with Gasteiger partial charge in [-0.2, -0.15) is 4.31 Å². The number of nitrogens with zero attached hydrogens (tertiary/aromatic N) is 1. The van der Waals surface area contributed by atoms with E-state index in [2.05, 4.69) is 0 Å². The zero-order chi connectivity index (χ0) is 13.1. The summed E-state index contributed by atoms with van der Waals surface area (Å²) < 4.78 is 25.8. The van der Waals surface area contributed by atoms with Crippen molar-refractivity contribution in [3.05, 3.63) is 0 Å². The molecule has 0 bridgehead atoms. The second kappa shape index (κ2) is 5.96. The lowest BCUT2D eigenvalue weighted by molar-refractivity contribution is -0.121. The van der Waals surface area contributed by atoms with E-state index in [1.165, 1.54) is 11.2 Å². The lowest BCUT2D eigenvalue weighted by Crippen LogP contribution is -2.48. The zero-order valence-corrected chi connectivity index (χ0v) is 11.8. The van der Waals surface area contributed by atoms with Crippen LogP contribution in [-0.4, -0.2) is 36.8 Å². The number of hydrogen-bond acceptors (Lipinski definition) is 3. The molecule has 0 saturated carbocycles. The molecule has 1 heterocycles. The van der Waals surface area contributed by atoms with E-state index >= 15 is 0 Å². The number of hydrogen-bond donors (Lipinski definition) is 0. The molecule has 5 heteroatoms. The van der Waals surface area contributed by atoms with Gasteiger partial charge in [-0.05, 0) is 32.1 Å². The lowest BCUT2D eigenvalue weighted by Gasteiger charge is -2.33. The summed E-state index contributed by atoms with van der Waals surface area (Å²) >= 11 is 0. The minimum Gasteiger partial charge on any atom is -0.298 e. The van der Waals surface area contributed by atoms with Crippen molar-refractivity contribution in [3.63, 3.8) is 0 Å². The van der Waals surface area contributed by atoms with E-state index in [0.717, 1.165) is 12.8 Å². The van der Waals surface area contributed by atoms with Crippen LogP contribution < -0.4 is 0 Å². The van der Waals surface area contributed by atoms with Crippen molar-refractivity contribution in [3.8, 4) is 0 Å². The standard InChI is InChI=1S/C12H23NO3S/c1-10(2)7-9-17(15,16)13-8-5-4-6-12(13)11(3)14/h10,12H,4-9H2,1-3H3. The molecule has 0 amide bonds. The smallest absolute Gasteiger partial charge is 0.214 e. The van der Waals surface area contributed by atoms with Crippen LogP contribution in [0.5, 0.6) is 0 Å². The second-order valence-electron chi connectivity index (χ2n) is 5.23. The molecule has 0 spiro atoms. The third-order valence-corrected chi connectivity index (χ3v) is 5.14. The van der Waals surface area contributed by atoms with E-state index in [1.54, 1.807) is 0 Å². The van der Waals surface area contributed by atoms with Crippen LogP contribution in [0.3, 0.4) is 0 Å². The molecule has 0 aromatic carbocycles. The first kappa shape index (κ1) is 14.6. The molecule has 1 atom stereocenters. The number of ketones is 1. The first-order chi connectivity index (χ1) is 7.84. The van der Waals surface area contributed by atoms with Crippen LogP contribution in [0.1, 0.15) is 46.5 Å². The van der Waals surface area contributed by atoms with Crippen molar-refractivity contribution in [1.82, 2.24) is 4.31 Å². The topological polar surface area (TPSA) is 54.5 Å². The van der Waals surface area contributed by atoms with Crippen LogP contribution in [0.4, 0.5) is 0 Å². The predicted octanol–water partition coefficient (Wildman–Crippen LogP) is 1.81. The van der Waals surface area contributed by atoms with Crippen molar-refractivity contribution in [2.24, 2.45) is 5.92 Å². The van der Waals surface area contributed by atoms with E-state index < -0.39 is 16.1 Å². The van der Waals surface area contributed by atoms with Crippen LogP contribution in [0.25, 0.3) is 0 Å². The Hall–Kier alpha value is -0.420. The largest absolute Gasteiger partial charge is 0.298 e. The molecular weight excluding hydrogens is 238 g/mol. The van der Waals surface area contributed by atoms with Gasteiger partial charge in [-0.25, -0.2) is 8.42 Å². The summed E-state index contributed by atoms with van der Waals surface area (Å²) in [6.45, 7) is 6.01. The van der Waals surface area contributed by atoms with Gasteiger partial charge < -0.3 is 0 Å². The van der Waals surface area contributed by atoms with Crippen LogP contribution in [-0.2, 0) is 14.8 Å². The van der Waals surface area contributed by atoms with E-state index in [4.69, 9.17) is 0 Å². The highest BCUT2D eigenvalue weighted by molar-refractivity contribution is 7.89. The molecule has 4 nitrogen and oxygen atoms in total. The van der Waals surface area contributed by atoms with Gasteiger partial charge in [-0.15, -0.1) is 0 Å². The van der Waals surface area contributed by atoms with E-state index in [0.29, 0.717) is 25.3 Å². The number of carbonyl (C=O) groups is 1. The van der Waals surface area contributed by atoms with Gasteiger partial charge in [0.05, 0.1) is 11.8 Å². The van der Waals surface area contributed by atoms with Gasteiger partial charge in [0, 0.05) is 6.54 Å². The van der Waals surface area contributed by atoms with Gasteiger partial charge in [0.25, 0.3) is 0 Å². The first-order valence-corrected chi connectivity index (χ1v) is 7.95. The molecule has 1 aliphatic rings. The van der Waals surface area contributed by atoms with Gasteiger partial charge in [-0.3, -0.25) is 4.79 Å². The van der Waals surface area contributed by atoms with Gasteiger partial charge in [0.15, 0.2) is 0 Å². The Morgan fingerprint density at radius 1 is 1.35 bits per heavy atom. The maximum absolute atomic E-state index is 12.2.